The van der Waals surface area contributed by atoms with Crippen LogP contribution in [0.3, 0.4) is 0 Å². The summed E-state index contributed by atoms with van der Waals surface area (Å²) in [6, 6.07) is 15.4. The molecule has 41 heavy (non-hydrogen) atoms. The van der Waals surface area contributed by atoms with Crippen LogP contribution in [0.4, 0.5) is 5.69 Å². The zero-order valence-corrected chi connectivity index (χ0v) is 23.9. The lowest BCUT2D eigenvalue weighted by Crippen LogP contribution is -2.45. The Morgan fingerprint density at radius 2 is 1.90 bits per heavy atom. The molecule has 1 fully saturated rings. The zero-order valence-electron chi connectivity index (χ0n) is 23.9. The summed E-state index contributed by atoms with van der Waals surface area (Å²) in [6.45, 7) is 8.46. The predicted octanol–water partition coefficient (Wildman–Crippen LogP) is 5.48. The summed E-state index contributed by atoms with van der Waals surface area (Å²) < 4.78 is 12.1. The summed E-state index contributed by atoms with van der Waals surface area (Å²) in [5, 5.41) is 4.77. The van der Waals surface area contributed by atoms with Gasteiger partial charge in [0.05, 0.1) is 12.8 Å². The van der Waals surface area contributed by atoms with Gasteiger partial charge in [0.1, 0.15) is 18.0 Å². The van der Waals surface area contributed by atoms with Crippen LogP contribution in [0.15, 0.2) is 84.4 Å². The van der Waals surface area contributed by atoms with Crippen molar-refractivity contribution < 1.29 is 9.47 Å². The minimum Gasteiger partial charge on any atom is -0.495 e. The lowest BCUT2D eigenvalue weighted by atomic mass is 9.97. The van der Waals surface area contributed by atoms with Gasteiger partial charge in [-0.05, 0) is 54.3 Å². The van der Waals surface area contributed by atoms with Gasteiger partial charge in [0.25, 0.3) is 0 Å². The van der Waals surface area contributed by atoms with E-state index in [1.54, 1.807) is 7.11 Å². The van der Waals surface area contributed by atoms with Crippen molar-refractivity contribution in [3.63, 3.8) is 0 Å². The van der Waals surface area contributed by atoms with Crippen molar-refractivity contribution in [2.24, 2.45) is 0 Å². The Balaban J connectivity index is 1.05. The third-order valence-corrected chi connectivity index (χ3v) is 8.92. The molecule has 1 N–H and O–H groups in total. The van der Waals surface area contributed by atoms with E-state index in [4.69, 9.17) is 14.5 Å². The molecule has 4 heterocycles. The highest BCUT2D eigenvalue weighted by molar-refractivity contribution is 5.89. The van der Waals surface area contributed by atoms with E-state index in [0.717, 1.165) is 82.2 Å². The minimum absolute atomic E-state index is 0.556. The average Bonchev–Trinajstić information content (AvgIpc) is 3.28. The van der Waals surface area contributed by atoms with Gasteiger partial charge in [0.15, 0.2) is 5.75 Å². The largest absolute Gasteiger partial charge is 0.495 e. The van der Waals surface area contributed by atoms with E-state index < -0.39 is 0 Å². The first kappa shape index (κ1) is 26.1. The lowest BCUT2D eigenvalue weighted by Gasteiger charge is -2.37. The molecule has 1 saturated heterocycles. The van der Waals surface area contributed by atoms with Crippen molar-refractivity contribution in [1.82, 2.24) is 19.7 Å². The smallest absolute Gasteiger partial charge is 0.152 e. The molecule has 1 unspecified atom stereocenters. The van der Waals surface area contributed by atoms with Crippen LogP contribution >= 0.6 is 0 Å². The number of pyridine rings is 1. The summed E-state index contributed by atoms with van der Waals surface area (Å²) in [5.41, 5.74) is 7.53. The van der Waals surface area contributed by atoms with Crippen molar-refractivity contribution in [3.8, 4) is 5.75 Å². The average molecular weight is 550 g/mol. The van der Waals surface area contributed by atoms with Crippen LogP contribution in [-0.4, -0.2) is 72.8 Å². The second-order valence-electron chi connectivity index (χ2n) is 11.5. The van der Waals surface area contributed by atoms with Gasteiger partial charge in [0, 0.05) is 81.1 Å². The summed E-state index contributed by atoms with van der Waals surface area (Å²) in [4.78, 5) is 12.3. The Kier molecular flexibility index (Phi) is 7.38. The quantitative estimate of drug-likeness (QED) is 0.419. The molecule has 3 aromatic rings. The van der Waals surface area contributed by atoms with Gasteiger partial charge in [-0.1, -0.05) is 36.4 Å². The van der Waals surface area contributed by atoms with Crippen molar-refractivity contribution in [1.29, 1.82) is 0 Å². The molecule has 0 bridgehead atoms. The van der Waals surface area contributed by atoms with Gasteiger partial charge in [0.2, 0.25) is 0 Å². The summed E-state index contributed by atoms with van der Waals surface area (Å²) >= 11 is 0. The Morgan fingerprint density at radius 3 is 2.80 bits per heavy atom. The second kappa shape index (κ2) is 11.6. The third-order valence-electron chi connectivity index (χ3n) is 8.92. The van der Waals surface area contributed by atoms with E-state index in [-0.39, 0.29) is 0 Å². The highest BCUT2D eigenvalue weighted by atomic mass is 16.5. The highest BCUT2D eigenvalue weighted by Crippen LogP contribution is 2.37. The molecule has 2 aromatic carbocycles. The number of nitrogens with zero attached hydrogens (tertiary/aromatic N) is 4. The van der Waals surface area contributed by atoms with Gasteiger partial charge in [-0.25, -0.2) is 0 Å². The van der Waals surface area contributed by atoms with E-state index in [0.29, 0.717) is 12.6 Å². The summed E-state index contributed by atoms with van der Waals surface area (Å²) in [7, 11) is 1.76. The van der Waals surface area contributed by atoms with E-state index in [1.165, 1.54) is 33.5 Å². The van der Waals surface area contributed by atoms with Gasteiger partial charge in [-0.15, -0.1) is 0 Å². The maximum atomic E-state index is 6.39. The number of fused-ring (bicyclic) bond motifs is 4. The number of aromatic nitrogens is 1. The van der Waals surface area contributed by atoms with E-state index in [1.807, 2.05) is 12.3 Å². The van der Waals surface area contributed by atoms with Gasteiger partial charge < -0.3 is 19.7 Å². The van der Waals surface area contributed by atoms with Crippen LogP contribution in [0.2, 0.25) is 0 Å². The molecule has 4 aliphatic rings. The number of piperazine rings is 1. The molecule has 3 aliphatic heterocycles. The molecule has 7 nitrogen and oxygen atoms in total. The highest BCUT2D eigenvalue weighted by Gasteiger charge is 2.27. The Morgan fingerprint density at radius 1 is 1.02 bits per heavy atom. The maximum absolute atomic E-state index is 6.39. The van der Waals surface area contributed by atoms with Gasteiger partial charge >= 0.3 is 0 Å². The van der Waals surface area contributed by atoms with Crippen molar-refractivity contribution in [2.45, 2.75) is 31.8 Å². The fourth-order valence-corrected chi connectivity index (χ4v) is 6.72. The molecule has 1 aliphatic carbocycles. The van der Waals surface area contributed by atoms with E-state index in [9.17, 15) is 0 Å². The summed E-state index contributed by atoms with van der Waals surface area (Å²) in [6.07, 6.45) is 12.6. The monoisotopic (exact) mass is 549 g/mol. The topological polar surface area (TPSA) is 53.1 Å². The van der Waals surface area contributed by atoms with Crippen LogP contribution in [0.1, 0.15) is 35.4 Å². The molecule has 0 radical (unpaired) electrons. The minimum atomic E-state index is 0.556. The van der Waals surface area contributed by atoms with E-state index >= 15 is 0 Å². The Hall–Kier alpha value is -3.81. The number of methoxy groups -OCH3 is 1. The van der Waals surface area contributed by atoms with Crippen molar-refractivity contribution in [2.75, 3.05) is 58.4 Å². The second-order valence-corrected chi connectivity index (χ2v) is 11.5. The Labute approximate surface area is 242 Å². The molecular weight excluding hydrogens is 510 g/mol. The number of benzene rings is 2. The van der Waals surface area contributed by atoms with Crippen LogP contribution in [-0.2, 0) is 17.8 Å². The normalized spacial score (nSPS) is 20.9. The number of allylic oxidation sites excluding steroid dienone is 4. The molecule has 212 valence electrons. The fraction of sp³-hybridized carbons (Fsp3) is 0.382. The van der Waals surface area contributed by atoms with Crippen LogP contribution in [0, 0.1) is 0 Å². The van der Waals surface area contributed by atoms with Crippen molar-refractivity contribution in [3.05, 3.63) is 101 Å². The number of nitrogens with one attached hydrogen (secondary N) is 1. The first-order chi connectivity index (χ1) is 20.3. The zero-order chi connectivity index (χ0) is 27.6. The molecule has 0 amide bonds. The summed E-state index contributed by atoms with van der Waals surface area (Å²) in [5.74, 6) is 2.47. The van der Waals surface area contributed by atoms with E-state index in [2.05, 4.69) is 80.7 Å². The van der Waals surface area contributed by atoms with Gasteiger partial charge in [-0.2, -0.15) is 0 Å². The molecule has 7 rings (SSSR count). The maximum Gasteiger partial charge on any atom is 0.152 e. The number of hydrogen-bond donors (Lipinski definition) is 1. The number of hydrogen-bond acceptors (Lipinski definition) is 7. The molecule has 0 saturated carbocycles. The fourth-order valence-electron chi connectivity index (χ4n) is 6.72. The first-order valence-corrected chi connectivity index (χ1v) is 14.9. The van der Waals surface area contributed by atoms with Crippen LogP contribution in [0.5, 0.6) is 5.75 Å². The molecule has 1 atom stereocenters. The van der Waals surface area contributed by atoms with Crippen LogP contribution < -0.4 is 10.1 Å². The first-order valence-electron chi connectivity index (χ1n) is 14.9. The van der Waals surface area contributed by atoms with Crippen molar-refractivity contribution >= 4 is 16.6 Å². The SMILES string of the molecule is COC1=C(N2CCN(Cc3cc4c(c5ncccc35)OCN(CCC3CNc5ccccc53)C4)CC2)C=CCC=C1. The van der Waals surface area contributed by atoms with Gasteiger partial charge in [-0.3, -0.25) is 14.8 Å². The number of para-hydroxylation sites is 1. The van der Waals surface area contributed by atoms with Crippen LogP contribution in [0.25, 0.3) is 10.9 Å². The molecular formula is C34H39N5O2. The Bertz CT molecular complexity index is 1500. The standard InChI is InChI=1S/C34H39N5O2/c1-40-32-12-4-2-3-11-31(32)39-18-16-37(17-19-39)22-26-20-27-23-38(24-41-34(27)33-29(26)9-7-14-35-33)15-13-25-21-36-30-10-6-5-8-28(25)30/h3-12,14,20,25,36H,2,13,15-19,21-24H2,1H3. The molecule has 1 aromatic heterocycles. The third kappa shape index (κ3) is 5.32. The number of ether oxygens (including phenoxy) is 2. The lowest BCUT2D eigenvalue weighted by molar-refractivity contribution is 0.0939. The molecule has 0 spiro atoms. The number of rotatable bonds is 7. The number of anilines is 1. The molecule has 7 heteroatoms. The predicted molar refractivity (Wildman–Crippen MR) is 164 cm³/mol.